The molecular weight excluding hydrogens is 380 g/mol. The summed E-state index contributed by atoms with van der Waals surface area (Å²) < 4.78 is 10.2. The molecule has 2 N–H and O–H groups in total. The zero-order chi connectivity index (χ0) is 22.4. The fourth-order valence-electron chi connectivity index (χ4n) is 2.54. The predicted octanol–water partition coefficient (Wildman–Crippen LogP) is 2.54. The van der Waals surface area contributed by atoms with Crippen LogP contribution in [-0.2, 0) is 9.53 Å². The molecule has 0 unspecified atom stereocenters. The molecular formula is C20H28N2O7. The largest absolute Gasteiger partial charge is 0.496 e. The second kappa shape index (κ2) is 10.0. The Morgan fingerprint density at radius 3 is 2.41 bits per heavy atom. The molecule has 1 aromatic carbocycles. The summed E-state index contributed by atoms with van der Waals surface area (Å²) in [6, 6.07) is 2.00. The summed E-state index contributed by atoms with van der Waals surface area (Å²) in [5.41, 5.74) is -0.813. The van der Waals surface area contributed by atoms with Gasteiger partial charge in [-0.05, 0) is 25.3 Å². The van der Waals surface area contributed by atoms with Gasteiger partial charge in [0.25, 0.3) is 5.69 Å². The molecule has 1 aromatic rings. The molecule has 0 saturated heterocycles. The quantitative estimate of drug-likeness (QED) is 0.121. The number of aliphatic hydroxyl groups is 1. The number of aliphatic hydroxyl groups excluding tert-OH is 1. The van der Waals surface area contributed by atoms with Crippen molar-refractivity contribution < 1.29 is 29.1 Å². The lowest BCUT2D eigenvalue weighted by Gasteiger charge is -2.29. The van der Waals surface area contributed by atoms with Crippen molar-refractivity contribution in [3.05, 3.63) is 45.1 Å². The summed E-state index contributed by atoms with van der Waals surface area (Å²) in [6.45, 7) is 8.57. The summed E-state index contributed by atoms with van der Waals surface area (Å²) in [4.78, 5) is 36.2. The normalized spacial score (nSPS) is 12.9. The molecule has 0 aliphatic rings. The molecule has 160 valence electrons. The van der Waals surface area contributed by atoms with Crippen LogP contribution in [0.25, 0.3) is 0 Å². The SMILES string of the molecule is CCOC(=O)/C(=C\N[C@H](CO)C(C)(C)C)C(=O)c1cc([N+](=O)[O-])c(C)cc1OC. The number of methoxy groups -OCH3 is 1. The van der Waals surface area contributed by atoms with E-state index < -0.39 is 22.7 Å². The van der Waals surface area contributed by atoms with Crippen LogP contribution >= 0.6 is 0 Å². The lowest BCUT2D eigenvalue weighted by atomic mass is 9.87. The molecule has 0 aromatic heterocycles. The molecule has 1 atom stereocenters. The topological polar surface area (TPSA) is 128 Å². The lowest BCUT2D eigenvalue weighted by molar-refractivity contribution is -0.385. The van der Waals surface area contributed by atoms with Gasteiger partial charge in [-0.3, -0.25) is 14.9 Å². The number of hydrogen-bond acceptors (Lipinski definition) is 8. The van der Waals surface area contributed by atoms with Crippen molar-refractivity contribution in [2.45, 2.75) is 40.7 Å². The van der Waals surface area contributed by atoms with Crippen LogP contribution < -0.4 is 10.1 Å². The highest BCUT2D eigenvalue weighted by Crippen LogP contribution is 2.30. The molecule has 0 saturated carbocycles. The maximum Gasteiger partial charge on any atom is 0.343 e. The number of carbonyl (C=O) groups excluding carboxylic acids is 2. The Kier molecular flexibility index (Phi) is 8.32. The van der Waals surface area contributed by atoms with Crippen molar-refractivity contribution in [3.63, 3.8) is 0 Å². The molecule has 0 radical (unpaired) electrons. The molecule has 0 heterocycles. The Morgan fingerprint density at radius 2 is 1.97 bits per heavy atom. The van der Waals surface area contributed by atoms with E-state index in [1.54, 1.807) is 6.92 Å². The van der Waals surface area contributed by atoms with Gasteiger partial charge in [0.2, 0.25) is 5.78 Å². The van der Waals surface area contributed by atoms with Gasteiger partial charge >= 0.3 is 5.97 Å². The van der Waals surface area contributed by atoms with Crippen LogP contribution in [0, 0.1) is 22.5 Å². The summed E-state index contributed by atoms with van der Waals surface area (Å²) >= 11 is 0. The van der Waals surface area contributed by atoms with E-state index in [9.17, 15) is 24.8 Å². The molecule has 0 aliphatic carbocycles. The molecule has 0 aliphatic heterocycles. The number of nitrogens with zero attached hydrogens (tertiary/aromatic N) is 1. The number of carbonyl (C=O) groups is 2. The van der Waals surface area contributed by atoms with E-state index in [0.717, 1.165) is 6.07 Å². The summed E-state index contributed by atoms with van der Waals surface area (Å²) in [5, 5.41) is 23.7. The van der Waals surface area contributed by atoms with Crippen molar-refractivity contribution in [2.75, 3.05) is 20.3 Å². The van der Waals surface area contributed by atoms with E-state index in [1.807, 2.05) is 20.8 Å². The number of nitro benzene ring substituents is 1. The summed E-state index contributed by atoms with van der Waals surface area (Å²) in [6.07, 6.45) is 1.18. The van der Waals surface area contributed by atoms with E-state index >= 15 is 0 Å². The van der Waals surface area contributed by atoms with Crippen molar-refractivity contribution in [1.29, 1.82) is 0 Å². The Labute approximate surface area is 169 Å². The minimum atomic E-state index is -0.888. The van der Waals surface area contributed by atoms with Gasteiger partial charge in [-0.15, -0.1) is 0 Å². The maximum atomic E-state index is 13.1. The highest BCUT2D eigenvalue weighted by atomic mass is 16.6. The molecule has 0 bridgehead atoms. The average Bonchev–Trinajstić information content (AvgIpc) is 2.63. The standard InChI is InChI=1S/C20H28N2O7/c1-7-29-19(25)14(10-21-17(11-23)20(3,4)5)18(24)13-9-15(22(26)27)12(2)8-16(13)28-6/h8-10,17,21,23H,7,11H2,1-6H3/b14-10-/t17-/m1/s1. The Balaban J connectivity index is 3.49. The minimum absolute atomic E-state index is 0.0390. The van der Waals surface area contributed by atoms with Crippen molar-refractivity contribution in [1.82, 2.24) is 5.32 Å². The number of Topliss-reactive ketones (excluding diaryl/α,β-unsaturated/α-hetero) is 1. The Bertz CT molecular complexity index is 810. The highest BCUT2D eigenvalue weighted by Gasteiger charge is 2.29. The number of ketones is 1. The molecule has 29 heavy (non-hydrogen) atoms. The first-order valence-corrected chi connectivity index (χ1v) is 9.09. The zero-order valence-corrected chi connectivity index (χ0v) is 17.6. The third-order valence-electron chi connectivity index (χ3n) is 4.36. The maximum absolute atomic E-state index is 13.1. The molecule has 9 heteroatoms. The molecule has 9 nitrogen and oxygen atoms in total. The monoisotopic (exact) mass is 408 g/mol. The number of nitro groups is 1. The number of hydrogen-bond donors (Lipinski definition) is 2. The van der Waals surface area contributed by atoms with Gasteiger partial charge in [0.15, 0.2) is 0 Å². The number of benzene rings is 1. The first-order valence-electron chi connectivity index (χ1n) is 9.09. The van der Waals surface area contributed by atoms with Crippen molar-refractivity contribution in [3.8, 4) is 5.75 Å². The van der Waals surface area contributed by atoms with Crippen LogP contribution in [0.4, 0.5) is 5.69 Å². The third-order valence-corrected chi connectivity index (χ3v) is 4.36. The van der Waals surface area contributed by atoms with Crippen LogP contribution in [-0.4, -0.2) is 48.1 Å². The van der Waals surface area contributed by atoms with Gasteiger partial charge in [0.1, 0.15) is 11.3 Å². The second-order valence-corrected chi connectivity index (χ2v) is 7.47. The number of aryl methyl sites for hydroxylation is 1. The molecule has 0 fully saturated rings. The first kappa shape index (κ1) is 24.1. The van der Waals surface area contributed by atoms with Crippen LogP contribution in [0.5, 0.6) is 5.75 Å². The summed E-state index contributed by atoms with van der Waals surface area (Å²) in [7, 11) is 1.32. The first-order chi connectivity index (χ1) is 13.5. The van der Waals surface area contributed by atoms with Gasteiger partial charge in [-0.2, -0.15) is 0 Å². The molecule has 0 amide bonds. The number of rotatable bonds is 9. The van der Waals surface area contributed by atoms with E-state index in [1.165, 1.54) is 26.3 Å². The van der Waals surface area contributed by atoms with Gasteiger partial charge in [0, 0.05) is 17.8 Å². The van der Waals surface area contributed by atoms with E-state index in [-0.39, 0.29) is 41.2 Å². The van der Waals surface area contributed by atoms with Crippen LogP contribution in [0.3, 0.4) is 0 Å². The predicted molar refractivity (Wildman–Crippen MR) is 107 cm³/mol. The fraction of sp³-hybridized carbons (Fsp3) is 0.500. The Morgan fingerprint density at radius 1 is 1.34 bits per heavy atom. The van der Waals surface area contributed by atoms with Gasteiger partial charge < -0.3 is 19.9 Å². The molecule has 0 spiro atoms. The smallest absolute Gasteiger partial charge is 0.343 e. The fourth-order valence-corrected chi connectivity index (χ4v) is 2.54. The van der Waals surface area contributed by atoms with Gasteiger partial charge in [-0.25, -0.2) is 4.79 Å². The highest BCUT2D eigenvalue weighted by molar-refractivity contribution is 6.25. The van der Waals surface area contributed by atoms with Crippen LogP contribution in [0.15, 0.2) is 23.9 Å². The minimum Gasteiger partial charge on any atom is -0.496 e. The van der Waals surface area contributed by atoms with E-state index in [0.29, 0.717) is 5.56 Å². The zero-order valence-electron chi connectivity index (χ0n) is 17.6. The summed E-state index contributed by atoms with van der Waals surface area (Å²) in [5.74, 6) is -1.58. The van der Waals surface area contributed by atoms with E-state index in [2.05, 4.69) is 5.32 Å². The second-order valence-electron chi connectivity index (χ2n) is 7.47. The molecule has 1 rings (SSSR count). The van der Waals surface area contributed by atoms with Crippen molar-refractivity contribution >= 4 is 17.4 Å². The van der Waals surface area contributed by atoms with Crippen molar-refractivity contribution in [2.24, 2.45) is 5.41 Å². The third kappa shape index (κ3) is 6.02. The Hall–Kier alpha value is -2.94. The van der Waals surface area contributed by atoms with Crippen LogP contribution in [0.1, 0.15) is 43.6 Å². The van der Waals surface area contributed by atoms with E-state index in [4.69, 9.17) is 9.47 Å². The number of nitrogens with one attached hydrogen (secondary N) is 1. The average molecular weight is 408 g/mol. The van der Waals surface area contributed by atoms with Gasteiger partial charge in [0.05, 0.1) is 36.9 Å². The number of ether oxygens (including phenoxy) is 2. The van der Waals surface area contributed by atoms with Gasteiger partial charge in [-0.1, -0.05) is 20.8 Å². The number of esters is 1. The lowest BCUT2D eigenvalue weighted by Crippen LogP contribution is -2.41. The van der Waals surface area contributed by atoms with Crippen LogP contribution in [0.2, 0.25) is 0 Å².